The number of rotatable bonds is 7. The molecule has 4 aromatic rings. The van der Waals surface area contributed by atoms with Crippen molar-refractivity contribution in [1.29, 1.82) is 0 Å². The normalized spacial score (nSPS) is 11.0. The highest BCUT2D eigenvalue weighted by molar-refractivity contribution is 5.81. The minimum Gasteiger partial charge on any atom is -0.495 e. The van der Waals surface area contributed by atoms with E-state index in [1.54, 1.807) is 31.8 Å². The summed E-state index contributed by atoms with van der Waals surface area (Å²) in [6.07, 6.45) is 10.1. The van der Waals surface area contributed by atoms with E-state index in [4.69, 9.17) is 9.47 Å². The highest BCUT2D eigenvalue weighted by Gasteiger charge is 2.10. The van der Waals surface area contributed by atoms with Crippen LogP contribution < -0.4 is 9.47 Å². The molecule has 0 fully saturated rings. The van der Waals surface area contributed by atoms with Gasteiger partial charge in [-0.25, -0.2) is 24.3 Å². The third-order valence-corrected chi connectivity index (χ3v) is 4.72. The van der Waals surface area contributed by atoms with E-state index in [0.29, 0.717) is 42.3 Å². The summed E-state index contributed by atoms with van der Waals surface area (Å²) in [4.78, 5) is 20.2. The Kier molecular flexibility index (Phi) is 5.33. The molecule has 0 bridgehead atoms. The molecular weight excluding hydrogens is 373 g/mol. The molecule has 7 nitrogen and oxygen atoms in total. The SMILES string of the molecule is COc1cnc2[nH]cc(Cc3cnc(CCc4cc(OC)ncc4F)nc3)c2c1. The quantitative estimate of drug-likeness (QED) is 0.519. The second-order valence-electron chi connectivity index (χ2n) is 6.59. The van der Waals surface area contributed by atoms with Gasteiger partial charge in [-0.15, -0.1) is 0 Å². The average Bonchev–Trinajstić information content (AvgIpc) is 3.16. The molecule has 0 amide bonds. The van der Waals surface area contributed by atoms with E-state index in [2.05, 4.69) is 24.9 Å². The topological polar surface area (TPSA) is 85.8 Å². The Morgan fingerprint density at radius 2 is 1.72 bits per heavy atom. The Hall–Kier alpha value is -3.55. The van der Waals surface area contributed by atoms with Crippen LogP contribution in [-0.2, 0) is 19.3 Å². The van der Waals surface area contributed by atoms with Gasteiger partial charge in [-0.05, 0) is 29.2 Å². The fourth-order valence-corrected chi connectivity index (χ4v) is 3.13. The Morgan fingerprint density at radius 3 is 2.48 bits per heavy atom. The number of fused-ring (bicyclic) bond motifs is 1. The first-order valence-electron chi connectivity index (χ1n) is 9.14. The highest BCUT2D eigenvalue weighted by Crippen LogP contribution is 2.23. The van der Waals surface area contributed by atoms with Gasteiger partial charge in [0, 0.05) is 42.9 Å². The Bertz CT molecular complexity index is 1130. The van der Waals surface area contributed by atoms with Gasteiger partial charge in [0.05, 0.1) is 26.6 Å². The van der Waals surface area contributed by atoms with Gasteiger partial charge in [0.15, 0.2) is 0 Å². The summed E-state index contributed by atoms with van der Waals surface area (Å²) >= 11 is 0. The number of hydrogen-bond acceptors (Lipinski definition) is 6. The van der Waals surface area contributed by atoms with Gasteiger partial charge >= 0.3 is 0 Å². The zero-order chi connectivity index (χ0) is 20.2. The van der Waals surface area contributed by atoms with Gasteiger partial charge in [-0.3, -0.25) is 0 Å². The van der Waals surface area contributed by atoms with Crippen LogP contribution >= 0.6 is 0 Å². The molecule has 0 aliphatic heterocycles. The molecule has 1 N–H and O–H groups in total. The second-order valence-corrected chi connectivity index (χ2v) is 6.59. The van der Waals surface area contributed by atoms with Crippen LogP contribution in [0.25, 0.3) is 11.0 Å². The molecule has 4 rings (SSSR count). The van der Waals surface area contributed by atoms with Gasteiger partial charge in [-0.1, -0.05) is 0 Å². The van der Waals surface area contributed by atoms with Crippen molar-refractivity contribution in [3.05, 3.63) is 71.4 Å². The van der Waals surface area contributed by atoms with Crippen molar-refractivity contribution in [2.24, 2.45) is 0 Å². The number of hydrogen-bond donors (Lipinski definition) is 1. The van der Waals surface area contributed by atoms with Crippen LogP contribution in [0, 0.1) is 5.82 Å². The number of nitrogens with one attached hydrogen (secondary N) is 1. The first kappa shape index (κ1) is 18.8. The van der Waals surface area contributed by atoms with Crippen molar-refractivity contribution in [2.45, 2.75) is 19.3 Å². The fraction of sp³-hybridized carbons (Fsp3) is 0.238. The third kappa shape index (κ3) is 4.16. The molecular formula is C21H20FN5O2. The van der Waals surface area contributed by atoms with E-state index in [9.17, 15) is 4.39 Å². The lowest BCUT2D eigenvalue weighted by atomic mass is 10.1. The van der Waals surface area contributed by atoms with Crippen molar-refractivity contribution >= 4 is 11.0 Å². The van der Waals surface area contributed by atoms with E-state index in [1.165, 1.54) is 13.3 Å². The van der Waals surface area contributed by atoms with Gasteiger partial charge in [0.2, 0.25) is 5.88 Å². The number of pyridine rings is 2. The van der Waals surface area contributed by atoms with Crippen LogP contribution in [0.4, 0.5) is 4.39 Å². The predicted molar refractivity (Wildman–Crippen MR) is 106 cm³/mol. The van der Waals surface area contributed by atoms with Crippen LogP contribution in [-0.4, -0.2) is 39.1 Å². The zero-order valence-corrected chi connectivity index (χ0v) is 16.1. The molecule has 0 spiro atoms. The van der Waals surface area contributed by atoms with Gasteiger partial charge in [-0.2, -0.15) is 0 Å². The van der Waals surface area contributed by atoms with E-state index < -0.39 is 0 Å². The molecule has 0 saturated carbocycles. The molecule has 4 aromatic heterocycles. The summed E-state index contributed by atoms with van der Waals surface area (Å²) < 4.78 is 24.2. The molecule has 8 heteroatoms. The van der Waals surface area contributed by atoms with Crippen LogP contribution in [0.5, 0.6) is 11.6 Å². The number of aromatic amines is 1. The smallest absolute Gasteiger partial charge is 0.213 e. The first-order chi connectivity index (χ1) is 14.2. The Morgan fingerprint density at radius 1 is 0.897 bits per heavy atom. The summed E-state index contributed by atoms with van der Waals surface area (Å²) in [5.41, 5.74) is 3.42. The molecule has 0 aromatic carbocycles. The predicted octanol–water partition coefficient (Wildman–Crippen LogP) is 3.28. The van der Waals surface area contributed by atoms with Crippen molar-refractivity contribution in [3.8, 4) is 11.6 Å². The van der Waals surface area contributed by atoms with Crippen molar-refractivity contribution in [1.82, 2.24) is 24.9 Å². The van der Waals surface area contributed by atoms with Gasteiger partial charge in [0.25, 0.3) is 0 Å². The van der Waals surface area contributed by atoms with E-state index in [-0.39, 0.29) is 5.82 Å². The summed E-state index contributed by atoms with van der Waals surface area (Å²) in [7, 11) is 3.13. The molecule has 0 radical (unpaired) electrons. The number of aryl methyl sites for hydroxylation is 2. The van der Waals surface area contributed by atoms with Crippen molar-refractivity contribution < 1.29 is 13.9 Å². The fourth-order valence-electron chi connectivity index (χ4n) is 3.13. The van der Waals surface area contributed by atoms with Crippen molar-refractivity contribution in [3.63, 3.8) is 0 Å². The number of H-pyrrole nitrogens is 1. The Labute approximate surface area is 167 Å². The largest absolute Gasteiger partial charge is 0.495 e. The van der Waals surface area contributed by atoms with Gasteiger partial charge in [0.1, 0.15) is 23.0 Å². The molecule has 29 heavy (non-hydrogen) atoms. The van der Waals surface area contributed by atoms with Crippen LogP contribution in [0.2, 0.25) is 0 Å². The third-order valence-electron chi connectivity index (χ3n) is 4.72. The molecule has 0 saturated heterocycles. The molecule has 0 aliphatic carbocycles. The highest BCUT2D eigenvalue weighted by atomic mass is 19.1. The minimum atomic E-state index is -0.356. The molecule has 0 aliphatic rings. The summed E-state index contributed by atoms with van der Waals surface area (Å²) in [6, 6.07) is 3.56. The Balaban J connectivity index is 1.45. The van der Waals surface area contributed by atoms with Gasteiger partial charge < -0.3 is 14.5 Å². The molecule has 4 heterocycles. The summed E-state index contributed by atoms with van der Waals surface area (Å²) in [5.74, 6) is 1.41. The first-order valence-corrected chi connectivity index (χ1v) is 9.14. The van der Waals surface area contributed by atoms with E-state index in [1.807, 2.05) is 12.3 Å². The number of halogens is 1. The number of ether oxygens (including phenoxy) is 2. The second kappa shape index (κ2) is 8.22. The maximum atomic E-state index is 13.9. The number of methoxy groups -OCH3 is 2. The monoisotopic (exact) mass is 393 g/mol. The minimum absolute atomic E-state index is 0.356. The van der Waals surface area contributed by atoms with Crippen molar-refractivity contribution in [2.75, 3.05) is 14.2 Å². The molecule has 0 unspecified atom stereocenters. The zero-order valence-electron chi connectivity index (χ0n) is 16.1. The molecule has 148 valence electrons. The maximum absolute atomic E-state index is 13.9. The summed E-state index contributed by atoms with van der Waals surface area (Å²) in [5, 5.41) is 1.01. The number of aromatic nitrogens is 5. The van der Waals surface area contributed by atoms with Crippen LogP contribution in [0.1, 0.15) is 22.5 Å². The number of nitrogens with zero attached hydrogens (tertiary/aromatic N) is 4. The lowest BCUT2D eigenvalue weighted by Gasteiger charge is -2.06. The lowest BCUT2D eigenvalue weighted by Crippen LogP contribution is -2.02. The van der Waals surface area contributed by atoms with Crippen LogP contribution in [0.3, 0.4) is 0 Å². The summed E-state index contributed by atoms with van der Waals surface area (Å²) in [6.45, 7) is 0. The van der Waals surface area contributed by atoms with E-state index in [0.717, 1.165) is 22.2 Å². The van der Waals surface area contributed by atoms with E-state index >= 15 is 0 Å². The lowest BCUT2D eigenvalue weighted by molar-refractivity contribution is 0.394. The van der Waals surface area contributed by atoms with Crippen LogP contribution in [0.15, 0.2) is 43.1 Å². The standard InChI is InChI=1S/C21H20FN5O2/c1-28-16-7-17-15(10-26-21(17)27-11-16)5-13-8-23-19(24-9-13)4-3-14-6-20(29-2)25-12-18(14)22/h6-12H,3-5H2,1-2H3,(H,26,27). The molecule has 0 atom stereocenters. The maximum Gasteiger partial charge on any atom is 0.213 e. The average molecular weight is 393 g/mol.